The molecule has 0 unspecified atom stereocenters. The van der Waals surface area contributed by atoms with E-state index in [9.17, 15) is 4.79 Å². The number of carbonyl (C=O) groups is 1. The standard InChI is InChI=1S/C6H8O2/c1-4-2-5(7)3-6(4)8/h8H,2-3H2,1H3. The van der Waals surface area contributed by atoms with Crippen LogP contribution in [0.25, 0.3) is 0 Å². The van der Waals surface area contributed by atoms with Gasteiger partial charge >= 0.3 is 0 Å². The maximum absolute atomic E-state index is 10.5. The van der Waals surface area contributed by atoms with Crippen LogP contribution in [0.5, 0.6) is 0 Å². The molecule has 1 aliphatic carbocycles. The lowest BCUT2D eigenvalue weighted by Gasteiger charge is -1.85. The number of hydrogen-bond donors (Lipinski definition) is 1. The topological polar surface area (TPSA) is 37.3 Å². The van der Waals surface area contributed by atoms with E-state index >= 15 is 0 Å². The van der Waals surface area contributed by atoms with Crippen molar-refractivity contribution in [2.75, 3.05) is 0 Å². The van der Waals surface area contributed by atoms with Gasteiger partial charge in [0.15, 0.2) is 0 Å². The molecule has 0 aromatic rings. The lowest BCUT2D eigenvalue weighted by Crippen LogP contribution is -1.86. The lowest BCUT2D eigenvalue weighted by atomic mass is 10.3. The molecule has 2 nitrogen and oxygen atoms in total. The number of carbonyl (C=O) groups excluding carboxylic acids is 1. The molecule has 0 amide bonds. The van der Waals surface area contributed by atoms with Gasteiger partial charge in [-0.05, 0) is 12.5 Å². The van der Waals surface area contributed by atoms with Crippen LogP contribution in [-0.2, 0) is 4.79 Å². The van der Waals surface area contributed by atoms with Crippen molar-refractivity contribution in [2.24, 2.45) is 0 Å². The van der Waals surface area contributed by atoms with Gasteiger partial charge < -0.3 is 5.11 Å². The van der Waals surface area contributed by atoms with E-state index in [0.29, 0.717) is 6.42 Å². The second-order valence-electron chi connectivity index (χ2n) is 2.12. The average Bonchev–Trinajstić information content (AvgIpc) is 1.85. The van der Waals surface area contributed by atoms with Gasteiger partial charge in [-0.1, -0.05) is 0 Å². The minimum Gasteiger partial charge on any atom is -0.512 e. The van der Waals surface area contributed by atoms with E-state index in [1.165, 1.54) is 0 Å². The third-order valence-electron chi connectivity index (χ3n) is 1.32. The smallest absolute Gasteiger partial charge is 0.144 e. The highest BCUT2D eigenvalue weighted by Gasteiger charge is 2.16. The van der Waals surface area contributed by atoms with Crippen LogP contribution in [0.4, 0.5) is 0 Å². The second kappa shape index (κ2) is 1.62. The number of aliphatic hydroxyl groups is 1. The van der Waals surface area contributed by atoms with Crippen LogP contribution < -0.4 is 0 Å². The third kappa shape index (κ3) is 0.735. The molecule has 0 radical (unpaired) electrons. The fourth-order valence-corrected chi connectivity index (χ4v) is 0.798. The largest absolute Gasteiger partial charge is 0.512 e. The van der Waals surface area contributed by atoms with Crippen molar-refractivity contribution >= 4 is 5.78 Å². The van der Waals surface area contributed by atoms with Crippen molar-refractivity contribution in [3.8, 4) is 0 Å². The van der Waals surface area contributed by atoms with Crippen molar-refractivity contribution in [1.29, 1.82) is 0 Å². The lowest BCUT2D eigenvalue weighted by molar-refractivity contribution is -0.117. The minimum absolute atomic E-state index is 0.125. The summed E-state index contributed by atoms with van der Waals surface area (Å²) in [5.41, 5.74) is 0.829. The van der Waals surface area contributed by atoms with Gasteiger partial charge in [0.1, 0.15) is 5.78 Å². The highest BCUT2D eigenvalue weighted by molar-refractivity contribution is 5.86. The SMILES string of the molecule is CC1=C(O)CC(=O)C1. The molecule has 0 aliphatic heterocycles. The molecule has 0 saturated heterocycles. The monoisotopic (exact) mass is 112 g/mol. The summed E-state index contributed by atoms with van der Waals surface area (Å²) in [6.07, 6.45) is 0.706. The van der Waals surface area contributed by atoms with Crippen LogP contribution in [-0.4, -0.2) is 10.9 Å². The zero-order valence-corrected chi connectivity index (χ0v) is 4.77. The van der Waals surface area contributed by atoms with Crippen LogP contribution >= 0.6 is 0 Å². The summed E-state index contributed by atoms with van der Waals surface area (Å²) < 4.78 is 0. The van der Waals surface area contributed by atoms with Crippen LogP contribution in [0.3, 0.4) is 0 Å². The maximum Gasteiger partial charge on any atom is 0.144 e. The van der Waals surface area contributed by atoms with Gasteiger partial charge in [-0.15, -0.1) is 0 Å². The zero-order valence-electron chi connectivity index (χ0n) is 4.77. The molecular weight excluding hydrogens is 104 g/mol. The van der Waals surface area contributed by atoms with E-state index in [0.717, 1.165) is 5.57 Å². The summed E-state index contributed by atoms with van der Waals surface area (Å²) in [5, 5.41) is 8.83. The molecule has 8 heavy (non-hydrogen) atoms. The molecule has 44 valence electrons. The second-order valence-corrected chi connectivity index (χ2v) is 2.12. The number of Topliss-reactive ketones (excluding diaryl/α,β-unsaturated/α-hetero) is 1. The normalized spacial score (nSPS) is 20.4. The Morgan fingerprint density at radius 1 is 1.50 bits per heavy atom. The van der Waals surface area contributed by atoms with Gasteiger partial charge in [-0.2, -0.15) is 0 Å². The van der Waals surface area contributed by atoms with Crippen molar-refractivity contribution in [3.05, 3.63) is 11.3 Å². The van der Waals surface area contributed by atoms with Gasteiger partial charge in [0.05, 0.1) is 12.2 Å². The highest BCUT2D eigenvalue weighted by atomic mass is 16.3. The van der Waals surface area contributed by atoms with Crippen molar-refractivity contribution in [1.82, 2.24) is 0 Å². The van der Waals surface area contributed by atoms with Gasteiger partial charge in [-0.25, -0.2) is 0 Å². The van der Waals surface area contributed by atoms with E-state index in [1.807, 2.05) is 0 Å². The summed E-state index contributed by atoms with van der Waals surface area (Å²) >= 11 is 0. The Balaban J connectivity index is 2.73. The summed E-state index contributed by atoms with van der Waals surface area (Å²) in [4.78, 5) is 10.5. The predicted octanol–water partition coefficient (Wildman–Crippen LogP) is 1.18. The molecule has 0 atom stereocenters. The Morgan fingerprint density at radius 2 is 2.12 bits per heavy atom. The molecular formula is C6H8O2. The molecule has 0 heterocycles. The quantitative estimate of drug-likeness (QED) is 0.511. The molecule has 0 fully saturated rings. The summed E-state index contributed by atoms with van der Waals surface area (Å²) in [6.45, 7) is 1.78. The van der Waals surface area contributed by atoms with Gasteiger partial charge in [0, 0.05) is 6.42 Å². The Labute approximate surface area is 47.8 Å². The first-order valence-electron chi connectivity index (χ1n) is 2.59. The molecule has 0 bridgehead atoms. The number of aliphatic hydroxyl groups excluding tert-OH is 1. The Kier molecular flexibility index (Phi) is 1.08. The number of ketones is 1. The molecule has 1 rings (SSSR count). The van der Waals surface area contributed by atoms with E-state index in [1.54, 1.807) is 6.92 Å². The Morgan fingerprint density at radius 3 is 2.25 bits per heavy atom. The van der Waals surface area contributed by atoms with Crippen molar-refractivity contribution in [2.45, 2.75) is 19.8 Å². The first-order valence-corrected chi connectivity index (χ1v) is 2.59. The predicted molar refractivity (Wildman–Crippen MR) is 29.6 cm³/mol. The Hall–Kier alpha value is -0.790. The van der Waals surface area contributed by atoms with Crippen LogP contribution in [0.1, 0.15) is 19.8 Å². The van der Waals surface area contributed by atoms with Gasteiger partial charge in [-0.3, -0.25) is 4.79 Å². The molecule has 0 saturated carbocycles. The zero-order chi connectivity index (χ0) is 6.15. The summed E-state index contributed by atoms with van der Waals surface area (Å²) in [7, 11) is 0. The van der Waals surface area contributed by atoms with Crippen LogP contribution in [0.15, 0.2) is 11.3 Å². The maximum atomic E-state index is 10.5. The van der Waals surface area contributed by atoms with E-state index in [4.69, 9.17) is 5.11 Å². The molecule has 0 aromatic heterocycles. The first-order chi connectivity index (χ1) is 3.70. The highest BCUT2D eigenvalue weighted by Crippen LogP contribution is 2.19. The summed E-state index contributed by atoms with van der Waals surface area (Å²) in [6, 6.07) is 0. The van der Waals surface area contributed by atoms with Crippen molar-refractivity contribution in [3.63, 3.8) is 0 Å². The van der Waals surface area contributed by atoms with Gasteiger partial charge in [0.25, 0.3) is 0 Å². The molecule has 2 heteroatoms. The van der Waals surface area contributed by atoms with Crippen molar-refractivity contribution < 1.29 is 9.90 Å². The first kappa shape index (κ1) is 5.35. The number of rotatable bonds is 0. The molecule has 0 aromatic carbocycles. The average molecular weight is 112 g/mol. The fraction of sp³-hybridized carbons (Fsp3) is 0.500. The van der Waals surface area contributed by atoms with E-state index < -0.39 is 0 Å². The van der Waals surface area contributed by atoms with E-state index in [-0.39, 0.29) is 18.0 Å². The minimum atomic E-state index is 0.125. The van der Waals surface area contributed by atoms with Gasteiger partial charge in [0.2, 0.25) is 0 Å². The summed E-state index contributed by atoms with van der Waals surface area (Å²) in [5.74, 6) is 0.398. The van der Waals surface area contributed by atoms with E-state index in [2.05, 4.69) is 0 Å². The molecule has 1 N–H and O–H groups in total. The number of allylic oxidation sites excluding steroid dienone is 2. The molecule has 0 spiro atoms. The van der Waals surface area contributed by atoms with Crippen LogP contribution in [0.2, 0.25) is 0 Å². The molecule has 1 aliphatic rings. The number of hydrogen-bond acceptors (Lipinski definition) is 2. The third-order valence-corrected chi connectivity index (χ3v) is 1.32. The Bertz CT molecular complexity index is 140. The fourth-order valence-electron chi connectivity index (χ4n) is 0.798. The van der Waals surface area contributed by atoms with Crippen LogP contribution in [0, 0.1) is 0 Å².